The van der Waals surface area contributed by atoms with E-state index in [1.54, 1.807) is 13.2 Å². The van der Waals surface area contributed by atoms with Crippen molar-refractivity contribution in [3.05, 3.63) is 58.1 Å². The third-order valence-electron chi connectivity index (χ3n) is 3.22. The van der Waals surface area contributed by atoms with Gasteiger partial charge in [-0.1, -0.05) is 12.1 Å². The maximum Gasteiger partial charge on any atom is 0.339 e. The van der Waals surface area contributed by atoms with Gasteiger partial charge in [-0.05, 0) is 17.7 Å². The number of benzene rings is 1. The first-order valence-electron chi connectivity index (χ1n) is 6.20. The largest absolute Gasteiger partial charge is 0.497 e. The van der Waals surface area contributed by atoms with Crippen LogP contribution in [0.25, 0.3) is 0 Å². The summed E-state index contributed by atoms with van der Waals surface area (Å²) >= 11 is 0. The van der Waals surface area contributed by atoms with Crippen molar-refractivity contribution in [2.45, 2.75) is 12.2 Å². The third-order valence-corrected chi connectivity index (χ3v) is 3.22. The van der Waals surface area contributed by atoms with Crippen LogP contribution in [0.4, 0.5) is 0 Å². The molecule has 1 aromatic carbocycles. The van der Waals surface area contributed by atoms with Crippen LogP contribution in [0, 0.1) is 0 Å². The second-order valence-electron chi connectivity index (χ2n) is 4.47. The van der Waals surface area contributed by atoms with Crippen LogP contribution < -0.4 is 15.1 Å². The van der Waals surface area contributed by atoms with Gasteiger partial charge in [0.25, 0.3) is 0 Å². The Kier molecular flexibility index (Phi) is 3.20. The number of hydrogen-bond donors (Lipinski definition) is 0. The lowest BCUT2D eigenvalue weighted by atomic mass is 10.1. The van der Waals surface area contributed by atoms with E-state index < -0.39 is 5.63 Å². The molecule has 1 aliphatic heterocycles. The van der Waals surface area contributed by atoms with Crippen molar-refractivity contribution in [3.63, 3.8) is 0 Å². The first-order chi connectivity index (χ1) is 9.71. The van der Waals surface area contributed by atoms with Gasteiger partial charge in [-0.2, -0.15) is 0 Å². The number of ether oxygens (including phenoxy) is 3. The molecule has 0 radical (unpaired) electrons. The van der Waals surface area contributed by atoms with Gasteiger partial charge in [0.05, 0.1) is 20.3 Å². The van der Waals surface area contributed by atoms with Gasteiger partial charge in [-0.25, -0.2) is 4.79 Å². The fourth-order valence-corrected chi connectivity index (χ4v) is 2.11. The van der Waals surface area contributed by atoms with Crippen LogP contribution in [0.5, 0.6) is 11.5 Å². The lowest BCUT2D eigenvalue weighted by Gasteiger charge is -2.01. The van der Waals surface area contributed by atoms with Crippen LogP contribution in [0.2, 0.25) is 0 Å². The first-order valence-corrected chi connectivity index (χ1v) is 6.20. The van der Waals surface area contributed by atoms with E-state index in [4.69, 9.17) is 18.6 Å². The Morgan fingerprint density at radius 1 is 0.950 bits per heavy atom. The summed E-state index contributed by atoms with van der Waals surface area (Å²) in [6, 6.07) is 10.6. The van der Waals surface area contributed by atoms with Gasteiger partial charge >= 0.3 is 5.63 Å². The second kappa shape index (κ2) is 5.02. The molecule has 1 aromatic heterocycles. The fourth-order valence-electron chi connectivity index (χ4n) is 2.11. The minimum atomic E-state index is -0.441. The van der Waals surface area contributed by atoms with E-state index in [1.165, 1.54) is 13.2 Å². The Hall–Kier alpha value is -2.27. The molecule has 1 aliphatic rings. The van der Waals surface area contributed by atoms with E-state index in [2.05, 4.69) is 0 Å². The summed E-state index contributed by atoms with van der Waals surface area (Å²) < 4.78 is 20.9. The van der Waals surface area contributed by atoms with Gasteiger partial charge in [0.15, 0.2) is 0 Å². The summed E-state index contributed by atoms with van der Waals surface area (Å²) in [5.74, 6) is 1.74. The third kappa shape index (κ3) is 2.40. The normalized spacial score (nSPS) is 20.5. The highest BCUT2D eigenvalue weighted by Gasteiger charge is 2.43. The van der Waals surface area contributed by atoms with E-state index in [0.29, 0.717) is 11.5 Å². The zero-order valence-electron chi connectivity index (χ0n) is 11.2. The average molecular weight is 274 g/mol. The molecule has 0 N–H and O–H groups in total. The van der Waals surface area contributed by atoms with Crippen molar-refractivity contribution < 1.29 is 18.6 Å². The lowest BCUT2D eigenvalue weighted by molar-refractivity contribution is 0.332. The SMILES string of the molecule is COc1ccc([C@@H]2O[C@@H]2c2cc(OC)cc(=O)o2)cc1. The molecule has 0 aliphatic carbocycles. The highest BCUT2D eigenvalue weighted by molar-refractivity contribution is 5.33. The molecular weight excluding hydrogens is 260 g/mol. The molecule has 2 heterocycles. The Bertz CT molecular complexity index is 659. The number of rotatable bonds is 4. The Morgan fingerprint density at radius 3 is 2.30 bits per heavy atom. The van der Waals surface area contributed by atoms with Gasteiger partial charge in [0.1, 0.15) is 29.5 Å². The van der Waals surface area contributed by atoms with Crippen molar-refractivity contribution in [2.75, 3.05) is 14.2 Å². The molecule has 0 bridgehead atoms. The zero-order chi connectivity index (χ0) is 14.1. The summed E-state index contributed by atoms with van der Waals surface area (Å²) in [5.41, 5.74) is 0.574. The van der Waals surface area contributed by atoms with Crippen molar-refractivity contribution in [2.24, 2.45) is 0 Å². The molecule has 2 atom stereocenters. The van der Waals surface area contributed by atoms with E-state index >= 15 is 0 Å². The van der Waals surface area contributed by atoms with Crippen LogP contribution >= 0.6 is 0 Å². The lowest BCUT2D eigenvalue weighted by Crippen LogP contribution is -2.00. The smallest absolute Gasteiger partial charge is 0.339 e. The molecule has 0 amide bonds. The van der Waals surface area contributed by atoms with Crippen molar-refractivity contribution in [1.82, 2.24) is 0 Å². The number of epoxide rings is 1. The Labute approximate surface area is 115 Å². The molecule has 1 saturated heterocycles. The molecule has 3 rings (SSSR count). The summed E-state index contributed by atoms with van der Waals surface area (Å²) in [4.78, 5) is 11.4. The van der Waals surface area contributed by atoms with Crippen molar-refractivity contribution >= 4 is 0 Å². The number of methoxy groups -OCH3 is 2. The predicted molar refractivity (Wildman–Crippen MR) is 71.1 cm³/mol. The van der Waals surface area contributed by atoms with Crippen LogP contribution in [-0.4, -0.2) is 14.2 Å². The standard InChI is InChI=1S/C15H14O5/c1-17-10-5-3-9(4-6-10)14-15(20-14)12-7-11(18-2)8-13(16)19-12/h3-8,14-15H,1-2H3/t14-,15+/m0/s1. The fraction of sp³-hybridized carbons (Fsp3) is 0.267. The molecule has 2 aromatic rings. The molecule has 104 valence electrons. The molecule has 20 heavy (non-hydrogen) atoms. The van der Waals surface area contributed by atoms with Crippen LogP contribution in [0.15, 0.2) is 45.6 Å². The average Bonchev–Trinajstić information content (AvgIpc) is 3.27. The maximum absolute atomic E-state index is 11.4. The second-order valence-corrected chi connectivity index (χ2v) is 4.47. The molecular formula is C15H14O5. The van der Waals surface area contributed by atoms with E-state index in [9.17, 15) is 4.79 Å². The maximum atomic E-state index is 11.4. The van der Waals surface area contributed by atoms with Crippen LogP contribution in [0.3, 0.4) is 0 Å². The summed E-state index contributed by atoms with van der Waals surface area (Å²) in [6.45, 7) is 0. The first kappa shape index (κ1) is 12.7. The van der Waals surface area contributed by atoms with Crippen LogP contribution in [-0.2, 0) is 4.74 Å². The Morgan fingerprint density at radius 2 is 1.65 bits per heavy atom. The molecule has 5 heteroatoms. The summed E-state index contributed by atoms with van der Waals surface area (Å²) in [7, 11) is 3.13. The van der Waals surface area contributed by atoms with Gasteiger partial charge in [-0.15, -0.1) is 0 Å². The van der Waals surface area contributed by atoms with Gasteiger partial charge in [0, 0.05) is 6.07 Å². The van der Waals surface area contributed by atoms with Crippen molar-refractivity contribution in [1.29, 1.82) is 0 Å². The van der Waals surface area contributed by atoms with Crippen LogP contribution in [0.1, 0.15) is 23.5 Å². The van der Waals surface area contributed by atoms with E-state index in [-0.39, 0.29) is 12.2 Å². The monoisotopic (exact) mass is 274 g/mol. The van der Waals surface area contributed by atoms with Gasteiger partial charge < -0.3 is 18.6 Å². The quantitative estimate of drug-likeness (QED) is 0.801. The highest BCUT2D eigenvalue weighted by atomic mass is 16.6. The topological polar surface area (TPSA) is 61.2 Å². The van der Waals surface area contributed by atoms with E-state index in [0.717, 1.165) is 11.3 Å². The minimum absolute atomic E-state index is 0.101. The summed E-state index contributed by atoms with van der Waals surface area (Å²) in [6.07, 6.45) is -0.345. The summed E-state index contributed by atoms with van der Waals surface area (Å²) in [5, 5.41) is 0. The molecule has 0 unspecified atom stereocenters. The molecule has 0 spiro atoms. The van der Waals surface area contributed by atoms with Gasteiger partial charge in [0.2, 0.25) is 0 Å². The minimum Gasteiger partial charge on any atom is -0.497 e. The molecule has 0 saturated carbocycles. The predicted octanol–water partition coefficient (Wildman–Crippen LogP) is 2.47. The van der Waals surface area contributed by atoms with Crippen molar-refractivity contribution in [3.8, 4) is 11.5 Å². The Balaban J connectivity index is 1.81. The molecule has 5 nitrogen and oxygen atoms in total. The molecule has 1 fully saturated rings. The highest BCUT2D eigenvalue weighted by Crippen LogP contribution is 2.51. The number of hydrogen-bond acceptors (Lipinski definition) is 5. The van der Waals surface area contributed by atoms with Gasteiger partial charge in [-0.3, -0.25) is 0 Å². The van der Waals surface area contributed by atoms with E-state index in [1.807, 2.05) is 24.3 Å². The zero-order valence-corrected chi connectivity index (χ0v) is 11.2.